The Labute approximate surface area is 120 Å². The molecule has 2 N–H and O–H groups in total. The summed E-state index contributed by atoms with van der Waals surface area (Å²) in [6.45, 7) is 5.19. The van der Waals surface area contributed by atoms with E-state index in [1.165, 1.54) is 11.1 Å². The van der Waals surface area contributed by atoms with Crippen LogP contribution in [-0.4, -0.2) is 7.11 Å². The molecule has 2 aromatic carbocycles. The standard InChI is InChI=1S/C17H21NO2/c1-12-4-5-14(8-13(12)2)11-20-17-7-6-16(19-3)9-15(17)10-18/h4-9H,10-11,18H2,1-3H3. The summed E-state index contributed by atoms with van der Waals surface area (Å²) in [5.41, 5.74) is 10.4. The summed E-state index contributed by atoms with van der Waals surface area (Å²) in [5, 5.41) is 0. The lowest BCUT2D eigenvalue weighted by atomic mass is 10.1. The Morgan fingerprint density at radius 2 is 1.80 bits per heavy atom. The number of ether oxygens (including phenoxy) is 2. The third-order valence-electron chi connectivity index (χ3n) is 3.45. The molecule has 106 valence electrons. The average Bonchev–Trinajstić information content (AvgIpc) is 2.48. The molecule has 0 heterocycles. The van der Waals surface area contributed by atoms with E-state index in [2.05, 4.69) is 32.0 Å². The number of hydrogen-bond donors (Lipinski definition) is 1. The molecular weight excluding hydrogens is 250 g/mol. The van der Waals surface area contributed by atoms with Crippen molar-refractivity contribution in [2.24, 2.45) is 5.73 Å². The van der Waals surface area contributed by atoms with Crippen molar-refractivity contribution >= 4 is 0 Å². The molecule has 20 heavy (non-hydrogen) atoms. The largest absolute Gasteiger partial charge is 0.497 e. The molecule has 3 heteroatoms. The maximum atomic E-state index is 5.87. The Bertz CT molecular complexity index is 594. The second-order valence-electron chi connectivity index (χ2n) is 4.89. The first-order valence-corrected chi connectivity index (χ1v) is 6.70. The molecule has 2 aromatic rings. The van der Waals surface area contributed by atoms with Crippen LogP contribution in [0.25, 0.3) is 0 Å². The Kier molecular flexibility index (Phi) is 4.64. The van der Waals surface area contributed by atoms with E-state index in [1.807, 2.05) is 18.2 Å². The predicted octanol–water partition coefficient (Wildman–Crippen LogP) is 3.35. The Balaban J connectivity index is 2.12. The van der Waals surface area contributed by atoms with E-state index >= 15 is 0 Å². The lowest BCUT2D eigenvalue weighted by Crippen LogP contribution is -2.03. The summed E-state index contributed by atoms with van der Waals surface area (Å²) < 4.78 is 11.1. The van der Waals surface area contributed by atoms with Gasteiger partial charge in [0.1, 0.15) is 18.1 Å². The summed E-state index contributed by atoms with van der Waals surface area (Å²) in [5.74, 6) is 1.61. The maximum absolute atomic E-state index is 5.87. The molecule has 0 spiro atoms. The molecule has 0 amide bonds. The smallest absolute Gasteiger partial charge is 0.124 e. The van der Waals surface area contributed by atoms with Crippen molar-refractivity contribution in [1.29, 1.82) is 0 Å². The van der Waals surface area contributed by atoms with Crippen LogP contribution < -0.4 is 15.2 Å². The highest BCUT2D eigenvalue weighted by Crippen LogP contribution is 2.24. The summed E-state index contributed by atoms with van der Waals surface area (Å²) in [6, 6.07) is 12.1. The van der Waals surface area contributed by atoms with Crippen LogP contribution in [0.2, 0.25) is 0 Å². The van der Waals surface area contributed by atoms with Crippen LogP contribution in [0.15, 0.2) is 36.4 Å². The van der Waals surface area contributed by atoms with Gasteiger partial charge in [-0.15, -0.1) is 0 Å². The van der Waals surface area contributed by atoms with E-state index < -0.39 is 0 Å². The van der Waals surface area contributed by atoms with Gasteiger partial charge in [-0.1, -0.05) is 18.2 Å². The first-order valence-electron chi connectivity index (χ1n) is 6.70. The number of hydrogen-bond acceptors (Lipinski definition) is 3. The molecule has 0 bridgehead atoms. The van der Waals surface area contributed by atoms with Gasteiger partial charge in [-0.25, -0.2) is 0 Å². The van der Waals surface area contributed by atoms with Crippen molar-refractivity contribution in [2.75, 3.05) is 7.11 Å². The summed E-state index contributed by atoms with van der Waals surface area (Å²) >= 11 is 0. The zero-order valence-electron chi connectivity index (χ0n) is 12.3. The molecule has 0 aromatic heterocycles. The van der Waals surface area contributed by atoms with E-state index in [0.717, 1.165) is 22.6 Å². The fraction of sp³-hybridized carbons (Fsp3) is 0.294. The molecule has 3 nitrogen and oxygen atoms in total. The molecule has 0 fully saturated rings. The fourth-order valence-corrected chi connectivity index (χ4v) is 2.04. The van der Waals surface area contributed by atoms with Gasteiger partial charge in [0.25, 0.3) is 0 Å². The molecule has 0 saturated heterocycles. The van der Waals surface area contributed by atoms with Crippen LogP contribution in [0.3, 0.4) is 0 Å². The highest BCUT2D eigenvalue weighted by Gasteiger charge is 2.05. The molecule has 0 radical (unpaired) electrons. The van der Waals surface area contributed by atoms with Gasteiger partial charge in [-0.3, -0.25) is 0 Å². The van der Waals surface area contributed by atoms with Gasteiger partial charge in [-0.2, -0.15) is 0 Å². The van der Waals surface area contributed by atoms with Gasteiger partial charge < -0.3 is 15.2 Å². The lowest BCUT2D eigenvalue weighted by molar-refractivity contribution is 0.302. The third kappa shape index (κ3) is 3.31. The van der Waals surface area contributed by atoms with Crippen LogP contribution in [-0.2, 0) is 13.2 Å². The van der Waals surface area contributed by atoms with Crippen molar-refractivity contribution in [3.05, 3.63) is 58.7 Å². The van der Waals surface area contributed by atoms with E-state index in [1.54, 1.807) is 7.11 Å². The minimum absolute atomic E-state index is 0.430. The number of aryl methyl sites for hydroxylation is 2. The highest BCUT2D eigenvalue weighted by atomic mass is 16.5. The van der Waals surface area contributed by atoms with Gasteiger partial charge in [0.15, 0.2) is 0 Å². The lowest BCUT2D eigenvalue weighted by Gasteiger charge is -2.12. The van der Waals surface area contributed by atoms with Crippen molar-refractivity contribution < 1.29 is 9.47 Å². The molecule has 0 unspecified atom stereocenters. The Morgan fingerprint density at radius 1 is 1.00 bits per heavy atom. The maximum Gasteiger partial charge on any atom is 0.124 e. The molecule has 0 atom stereocenters. The van der Waals surface area contributed by atoms with Gasteiger partial charge in [0.05, 0.1) is 7.11 Å². The summed E-state index contributed by atoms with van der Waals surface area (Å²) in [7, 11) is 1.64. The zero-order chi connectivity index (χ0) is 14.5. The van der Waals surface area contributed by atoms with Crippen molar-refractivity contribution in [2.45, 2.75) is 27.0 Å². The summed E-state index contributed by atoms with van der Waals surface area (Å²) in [6.07, 6.45) is 0. The van der Waals surface area contributed by atoms with Crippen LogP contribution in [0, 0.1) is 13.8 Å². The van der Waals surface area contributed by atoms with E-state index in [0.29, 0.717) is 13.2 Å². The minimum atomic E-state index is 0.430. The van der Waals surface area contributed by atoms with Crippen molar-refractivity contribution in [3.63, 3.8) is 0 Å². The van der Waals surface area contributed by atoms with Crippen LogP contribution in [0.1, 0.15) is 22.3 Å². The monoisotopic (exact) mass is 271 g/mol. The average molecular weight is 271 g/mol. The SMILES string of the molecule is COc1ccc(OCc2ccc(C)c(C)c2)c(CN)c1. The second kappa shape index (κ2) is 6.44. The van der Waals surface area contributed by atoms with Crippen molar-refractivity contribution in [3.8, 4) is 11.5 Å². The molecule has 0 aliphatic carbocycles. The predicted molar refractivity (Wildman–Crippen MR) is 81.1 cm³/mol. The molecule has 2 rings (SSSR count). The van der Waals surface area contributed by atoms with Crippen molar-refractivity contribution in [1.82, 2.24) is 0 Å². The van der Waals surface area contributed by atoms with Crippen LogP contribution in [0.4, 0.5) is 0 Å². The first kappa shape index (κ1) is 14.4. The van der Waals surface area contributed by atoms with Crippen LogP contribution >= 0.6 is 0 Å². The van der Waals surface area contributed by atoms with Gasteiger partial charge in [0, 0.05) is 12.1 Å². The summed E-state index contributed by atoms with van der Waals surface area (Å²) in [4.78, 5) is 0. The Morgan fingerprint density at radius 3 is 2.45 bits per heavy atom. The molecule has 0 aliphatic rings. The van der Waals surface area contributed by atoms with Crippen LogP contribution in [0.5, 0.6) is 11.5 Å². The fourth-order valence-electron chi connectivity index (χ4n) is 2.04. The molecular formula is C17H21NO2. The number of nitrogens with two attached hydrogens (primary N) is 1. The highest BCUT2D eigenvalue weighted by molar-refractivity contribution is 5.40. The second-order valence-corrected chi connectivity index (χ2v) is 4.89. The number of benzene rings is 2. The first-order chi connectivity index (χ1) is 9.63. The number of rotatable bonds is 5. The topological polar surface area (TPSA) is 44.5 Å². The Hall–Kier alpha value is -2.00. The third-order valence-corrected chi connectivity index (χ3v) is 3.45. The van der Waals surface area contributed by atoms with Gasteiger partial charge in [0.2, 0.25) is 0 Å². The quantitative estimate of drug-likeness (QED) is 0.907. The zero-order valence-corrected chi connectivity index (χ0v) is 12.3. The normalized spacial score (nSPS) is 10.4. The van der Waals surface area contributed by atoms with Gasteiger partial charge >= 0.3 is 0 Å². The van der Waals surface area contributed by atoms with Gasteiger partial charge in [-0.05, 0) is 48.7 Å². The van der Waals surface area contributed by atoms with E-state index in [9.17, 15) is 0 Å². The van der Waals surface area contributed by atoms with E-state index in [-0.39, 0.29) is 0 Å². The molecule has 0 aliphatic heterocycles. The number of methoxy groups -OCH3 is 1. The minimum Gasteiger partial charge on any atom is -0.497 e. The van der Waals surface area contributed by atoms with E-state index in [4.69, 9.17) is 15.2 Å². The molecule has 0 saturated carbocycles.